The van der Waals surface area contributed by atoms with Crippen molar-refractivity contribution in [3.8, 4) is 16.9 Å². The van der Waals surface area contributed by atoms with Gasteiger partial charge in [-0.05, 0) is 35.4 Å². The molecule has 0 unspecified atom stereocenters. The van der Waals surface area contributed by atoms with Gasteiger partial charge < -0.3 is 9.84 Å². The Labute approximate surface area is 127 Å². The first-order valence-electron chi connectivity index (χ1n) is 6.01. The molecule has 1 aromatic carbocycles. The molecule has 2 N–H and O–H groups in total. The molecule has 0 aliphatic carbocycles. The largest absolute Gasteiger partial charge is 0.497 e. The Kier molecular flexibility index (Phi) is 3.34. The van der Waals surface area contributed by atoms with E-state index in [0.29, 0.717) is 16.8 Å². The fraction of sp³-hybridized carbons (Fsp3) is 0.0714. The maximum absolute atomic E-state index is 11.3. The van der Waals surface area contributed by atoms with Crippen LogP contribution in [0.1, 0.15) is 10.5 Å². The molecule has 106 valence electrons. The van der Waals surface area contributed by atoms with Gasteiger partial charge in [0.25, 0.3) is 0 Å². The van der Waals surface area contributed by atoms with Crippen molar-refractivity contribution in [3.05, 3.63) is 40.6 Å². The van der Waals surface area contributed by atoms with E-state index in [1.165, 1.54) is 0 Å². The number of halogens is 1. The van der Waals surface area contributed by atoms with E-state index < -0.39 is 5.97 Å². The predicted molar refractivity (Wildman–Crippen MR) is 80.5 cm³/mol. The van der Waals surface area contributed by atoms with E-state index in [9.17, 15) is 9.90 Å². The van der Waals surface area contributed by atoms with E-state index in [0.717, 1.165) is 15.6 Å². The van der Waals surface area contributed by atoms with E-state index in [-0.39, 0.29) is 5.69 Å². The second kappa shape index (κ2) is 5.17. The molecule has 0 saturated heterocycles. The topological polar surface area (TPSA) is 88.1 Å². The van der Waals surface area contributed by atoms with E-state index >= 15 is 0 Å². The zero-order valence-corrected chi connectivity index (χ0v) is 12.5. The number of nitrogens with one attached hydrogen (secondary N) is 1. The highest BCUT2D eigenvalue weighted by atomic mass is 79.9. The van der Waals surface area contributed by atoms with Crippen molar-refractivity contribution in [3.63, 3.8) is 0 Å². The first-order chi connectivity index (χ1) is 10.1. The monoisotopic (exact) mass is 347 g/mol. The Hall–Kier alpha value is -2.41. The van der Waals surface area contributed by atoms with Gasteiger partial charge in [-0.1, -0.05) is 15.9 Å². The second-order valence-electron chi connectivity index (χ2n) is 4.34. The lowest BCUT2D eigenvalue weighted by Crippen LogP contribution is -1.98. The summed E-state index contributed by atoms with van der Waals surface area (Å²) in [5, 5.41) is 16.2. The lowest BCUT2D eigenvalue weighted by molar-refractivity contribution is 0.0692. The lowest BCUT2D eigenvalue weighted by atomic mass is 10.0. The SMILES string of the molecule is COc1cc(Br)cc(-c2ccnc3[nH]nc(C(=O)O)c23)c1. The number of carboxylic acid groups (broad SMARTS) is 1. The fourth-order valence-corrected chi connectivity index (χ4v) is 2.65. The average molecular weight is 348 g/mol. The minimum Gasteiger partial charge on any atom is -0.497 e. The van der Waals surface area contributed by atoms with Crippen LogP contribution < -0.4 is 4.74 Å². The van der Waals surface area contributed by atoms with Gasteiger partial charge in [-0.2, -0.15) is 5.10 Å². The number of H-pyrrole nitrogens is 1. The maximum Gasteiger partial charge on any atom is 0.357 e. The van der Waals surface area contributed by atoms with Crippen molar-refractivity contribution in [1.29, 1.82) is 0 Å². The first kappa shape index (κ1) is 13.6. The van der Waals surface area contributed by atoms with Crippen LogP contribution in [0.3, 0.4) is 0 Å². The third kappa shape index (κ3) is 2.36. The molecular weight excluding hydrogens is 338 g/mol. The van der Waals surface area contributed by atoms with Gasteiger partial charge in [-0.25, -0.2) is 9.78 Å². The summed E-state index contributed by atoms with van der Waals surface area (Å²) in [6.45, 7) is 0. The Bertz CT molecular complexity index is 845. The number of hydrogen-bond acceptors (Lipinski definition) is 4. The van der Waals surface area contributed by atoms with Crippen LogP contribution in [0, 0.1) is 0 Å². The van der Waals surface area contributed by atoms with Crippen molar-refractivity contribution in [2.45, 2.75) is 0 Å². The molecular formula is C14H10BrN3O3. The number of aromatic nitrogens is 3. The van der Waals surface area contributed by atoms with Crippen LogP contribution >= 0.6 is 15.9 Å². The molecule has 0 aliphatic rings. The Morgan fingerprint density at radius 2 is 2.19 bits per heavy atom. The number of pyridine rings is 1. The van der Waals surface area contributed by atoms with Gasteiger partial charge in [0.15, 0.2) is 11.3 Å². The number of aromatic amines is 1. The van der Waals surface area contributed by atoms with Crippen LogP contribution in [0.5, 0.6) is 5.75 Å². The highest BCUT2D eigenvalue weighted by Gasteiger charge is 2.18. The van der Waals surface area contributed by atoms with Crippen molar-refractivity contribution in [2.24, 2.45) is 0 Å². The molecule has 3 rings (SSSR count). The van der Waals surface area contributed by atoms with Gasteiger partial charge in [0, 0.05) is 10.7 Å². The standard InChI is InChI=1S/C14H10BrN3O3/c1-21-9-5-7(4-8(15)6-9)10-2-3-16-13-11(10)12(14(19)20)17-18-13/h2-6H,1H3,(H,19,20)(H,16,17,18). The van der Waals surface area contributed by atoms with Gasteiger partial charge in [0.05, 0.1) is 12.5 Å². The summed E-state index contributed by atoms with van der Waals surface area (Å²) in [5.74, 6) is -0.429. The van der Waals surface area contributed by atoms with Crippen LogP contribution in [-0.4, -0.2) is 33.4 Å². The molecule has 2 heterocycles. The lowest BCUT2D eigenvalue weighted by Gasteiger charge is -2.07. The molecule has 2 aromatic heterocycles. The third-order valence-corrected chi connectivity index (χ3v) is 3.54. The van der Waals surface area contributed by atoms with Crippen molar-refractivity contribution in [2.75, 3.05) is 7.11 Å². The number of carboxylic acids is 1. The van der Waals surface area contributed by atoms with Gasteiger partial charge in [-0.15, -0.1) is 0 Å². The van der Waals surface area contributed by atoms with Crippen molar-refractivity contribution >= 4 is 32.9 Å². The molecule has 0 saturated carbocycles. The Morgan fingerprint density at radius 1 is 1.38 bits per heavy atom. The molecule has 0 amide bonds. The summed E-state index contributed by atoms with van der Waals surface area (Å²) in [6, 6.07) is 7.30. The number of ether oxygens (including phenoxy) is 1. The third-order valence-electron chi connectivity index (χ3n) is 3.08. The maximum atomic E-state index is 11.3. The summed E-state index contributed by atoms with van der Waals surface area (Å²) >= 11 is 3.42. The van der Waals surface area contributed by atoms with Crippen LogP contribution in [0.15, 0.2) is 34.9 Å². The quantitative estimate of drug-likeness (QED) is 0.759. The number of aromatic carboxylic acids is 1. The van der Waals surface area contributed by atoms with E-state index in [1.807, 2.05) is 18.2 Å². The molecule has 21 heavy (non-hydrogen) atoms. The van der Waals surface area contributed by atoms with Gasteiger partial charge in [0.1, 0.15) is 5.75 Å². The summed E-state index contributed by atoms with van der Waals surface area (Å²) < 4.78 is 6.08. The molecule has 0 radical (unpaired) electrons. The minimum atomic E-state index is -1.10. The van der Waals surface area contributed by atoms with Crippen LogP contribution in [-0.2, 0) is 0 Å². The molecule has 0 fully saturated rings. The second-order valence-corrected chi connectivity index (χ2v) is 5.25. The summed E-state index contributed by atoms with van der Waals surface area (Å²) in [5.41, 5.74) is 1.93. The van der Waals surface area contributed by atoms with Gasteiger partial charge in [0.2, 0.25) is 0 Å². The molecule has 7 heteroatoms. The number of methoxy groups -OCH3 is 1. The number of carbonyl (C=O) groups is 1. The number of benzene rings is 1. The summed E-state index contributed by atoms with van der Waals surface area (Å²) in [7, 11) is 1.58. The average Bonchev–Trinajstić information content (AvgIpc) is 2.90. The highest BCUT2D eigenvalue weighted by Crippen LogP contribution is 2.33. The van der Waals surface area contributed by atoms with Crippen molar-refractivity contribution < 1.29 is 14.6 Å². The first-order valence-corrected chi connectivity index (χ1v) is 6.81. The van der Waals surface area contributed by atoms with Gasteiger partial charge in [-0.3, -0.25) is 5.10 Å². The number of nitrogens with zero attached hydrogens (tertiary/aromatic N) is 2. The zero-order valence-electron chi connectivity index (χ0n) is 10.9. The van der Waals surface area contributed by atoms with E-state index in [1.54, 1.807) is 19.4 Å². The molecule has 6 nitrogen and oxygen atoms in total. The van der Waals surface area contributed by atoms with E-state index in [2.05, 4.69) is 31.1 Å². The summed E-state index contributed by atoms with van der Waals surface area (Å²) in [6.07, 6.45) is 1.61. The van der Waals surface area contributed by atoms with E-state index in [4.69, 9.17) is 4.74 Å². The molecule has 0 spiro atoms. The molecule has 0 bridgehead atoms. The smallest absolute Gasteiger partial charge is 0.357 e. The number of rotatable bonds is 3. The molecule has 0 aliphatic heterocycles. The number of hydrogen-bond donors (Lipinski definition) is 2. The zero-order chi connectivity index (χ0) is 15.0. The highest BCUT2D eigenvalue weighted by molar-refractivity contribution is 9.10. The van der Waals surface area contributed by atoms with Crippen molar-refractivity contribution in [1.82, 2.24) is 15.2 Å². The fourth-order valence-electron chi connectivity index (χ4n) is 2.18. The predicted octanol–water partition coefficient (Wildman–Crippen LogP) is 3.09. The van der Waals surface area contributed by atoms with Crippen LogP contribution in [0.4, 0.5) is 0 Å². The van der Waals surface area contributed by atoms with Gasteiger partial charge >= 0.3 is 5.97 Å². The van der Waals surface area contributed by atoms with Crippen LogP contribution in [0.25, 0.3) is 22.2 Å². The summed E-state index contributed by atoms with van der Waals surface area (Å²) in [4.78, 5) is 15.4. The molecule has 0 atom stereocenters. The Morgan fingerprint density at radius 3 is 2.90 bits per heavy atom. The van der Waals surface area contributed by atoms with Crippen LogP contribution in [0.2, 0.25) is 0 Å². The molecule has 3 aromatic rings. The minimum absolute atomic E-state index is 0.0490. The normalized spacial score (nSPS) is 10.8. The number of fused-ring (bicyclic) bond motifs is 1. The Balaban J connectivity index is 2.32.